The molecule has 1 aromatic rings. The van der Waals surface area contributed by atoms with Gasteiger partial charge < -0.3 is 30.5 Å². The van der Waals surface area contributed by atoms with Crippen molar-refractivity contribution in [1.29, 1.82) is 0 Å². The number of hydrogen-bond acceptors (Lipinski definition) is 11. The predicted octanol–water partition coefficient (Wildman–Crippen LogP) is 0.00840. The van der Waals surface area contributed by atoms with Gasteiger partial charge in [-0.15, -0.1) is 23.1 Å². The number of thioether (sulfide) groups is 1. The second-order valence-electron chi connectivity index (χ2n) is 7.51. The number of ether oxygens (including phenoxy) is 2. The average molecular weight is 498 g/mol. The monoisotopic (exact) mass is 497 g/mol. The van der Waals surface area contributed by atoms with E-state index in [1.165, 1.54) is 23.8 Å². The van der Waals surface area contributed by atoms with Crippen LogP contribution in [0.3, 0.4) is 0 Å². The van der Waals surface area contributed by atoms with Gasteiger partial charge in [-0.2, -0.15) is 0 Å². The molecule has 1 unspecified atom stereocenters. The second-order valence-corrected chi connectivity index (χ2v) is 9.51. The summed E-state index contributed by atoms with van der Waals surface area (Å²) >= 11 is 2.51. The largest absolute Gasteiger partial charge is 0.477 e. The van der Waals surface area contributed by atoms with Crippen molar-refractivity contribution in [3.05, 3.63) is 22.3 Å². The summed E-state index contributed by atoms with van der Waals surface area (Å²) < 4.78 is 11.1. The van der Waals surface area contributed by atoms with Crippen LogP contribution in [0.2, 0.25) is 0 Å². The van der Waals surface area contributed by atoms with Crippen molar-refractivity contribution in [2.45, 2.75) is 36.5 Å². The van der Waals surface area contributed by atoms with Crippen molar-refractivity contribution in [1.82, 2.24) is 15.2 Å². The number of nitrogens with two attached hydrogens (primary N) is 1. The molecule has 14 heteroatoms. The number of rotatable bonds is 8. The van der Waals surface area contributed by atoms with Crippen LogP contribution in [0, 0.1) is 0 Å². The highest BCUT2D eigenvalue weighted by Gasteiger charge is 2.55. The fourth-order valence-corrected chi connectivity index (χ4v) is 6.02. The third kappa shape index (κ3) is 4.43. The molecule has 0 saturated carbocycles. The van der Waals surface area contributed by atoms with E-state index >= 15 is 0 Å². The van der Waals surface area contributed by atoms with E-state index in [-0.39, 0.29) is 34.4 Å². The summed E-state index contributed by atoms with van der Waals surface area (Å²) in [7, 11) is 2.86. The lowest BCUT2D eigenvalue weighted by Gasteiger charge is -2.49. The zero-order valence-electron chi connectivity index (χ0n) is 17.8. The summed E-state index contributed by atoms with van der Waals surface area (Å²) in [6.07, 6.45) is 0.906. The van der Waals surface area contributed by atoms with E-state index in [0.717, 1.165) is 17.8 Å². The van der Waals surface area contributed by atoms with Gasteiger partial charge in [0.1, 0.15) is 29.9 Å². The number of aliphatic carboxylic acids is 1. The smallest absolute Gasteiger partial charge is 0.352 e. The molecule has 12 nitrogen and oxygen atoms in total. The Hall–Kier alpha value is -2.68. The van der Waals surface area contributed by atoms with Gasteiger partial charge in [0.2, 0.25) is 0 Å². The molecule has 3 aliphatic heterocycles. The first-order valence-electron chi connectivity index (χ1n) is 10.0. The Labute approximate surface area is 197 Å². The number of carbonyl (C=O) groups is 3. The molecule has 2 fully saturated rings. The number of aromatic nitrogens is 1. The Kier molecular flexibility index (Phi) is 6.88. The topological polar surface area (TPSA) is 166 Å². The Morgan fingerprint density at radius 3 is 2.85 bits per heavy atom. The van der Waals surface area contributed by atoms with Crippen LogP contribution in [0.15, 0.2) is 21.8 Å². The quantitative estimate of drug-likeness (QED) is 0.253. The molecule has 178 valence electrons. The number of fused-ring (bicyclic) bond motifs is 1. The fourth-order valence-electron chi connectivity index (χ4n) is 4.06. The van der Waals surface area contributed by atoms with Crippen LogP contribution >= 0.6 is 23.1 Å². The lowest BCUT2D eigenvalue weighted by molar-refractivity contribution is -0.150. The summed E-state index contributed by atoms with van der Waals surface area (Å²) in [4.78, 5) is 47.8. The van der Waals surface area contributed by atoms with E-state index < -0.39 is 29.2 Å². The van der Waals surface area contributed by atoms with Gasteiger partial charge in [-0.3, -0.25) is 14.5 Å². The number of methoxy groups -OCH3 is 1. The van der Waals surface area contributed by atoms with E-state index in [9.17, 15) is 19.5 Å². The summed E-state index contributed by atoms with van der Waals surface area (Å²) in [5.74, 6) is -2.02. The average Bonchev–Trinajstić information content (AvgIpc) is 3.43. The molecule has 0 aliphatic carbocycles. The molecule has 3 aliphatic rings. The minimum Gasteiger partial charge on any atom is -0.477 e. The number of amides is 2. The van der Waals surface area contributed by atoms with Gasteiger partial charge in [0, 0.05) is 18.2 Å². The number of carbonyl (C=O) groups excluding carboxylic acids is 2. The van der Waals surface area contributed by atoms with E-state index in [1.54, 1.807) is 12.5 Å². The third-order valence-corrected chi connectivity index (χ3v) is 7.47. The van der Waals surface area contributed by atoms with Gasteiger partial charge in [-0.05, 0) is 18.4 Å². The number of thiazole rings is 1. The summed E-state index contributed by atoms with van der Waals surface area (Å²) in [6.45, 7) is 0.425. The molecule has 4 heterocycles. The Morgan fingerprint density at radius 1 is 1.42 bits per heavy atom. The summed E-state index contributed by atoms with van der Waals surface area (Å²) in [5, 5.41) is 17.4. The normalized spacial score (nSPS) is 27.3. The molecule has 4 rings (SSSR count). The molecule has 2 saturated heterocycles. The first kappa shape index (κ1) is 23.5. The molecule has 4 atom stereocenters. The number of carboxylic acids is 1. The molecule has 0 bridgehead atoms. The number of carboxylic acid groups (broad SMARTS) is 1. The number of oxime groups is 1. The van der Waals surface area contributed by atoms with Crippen LogP contribution in [0.25, 0.3) is 0 Å². The van der Waals surface area contributed by atoms with Crippen LogP contribution in [-0.4, -0.2) is 88.7 Å². The number of nitrogens with zero attached hydrogens (tertiary/aromatic N) is 3. The standard InChI is InChI=1S/C19H23N5O7S2/c1-29-5-8-3-4-11(31-8)9-6-32-17-13(16(26)24(17)14(9)18(27)28)22-15(25)12(23-30-2)10-7-33-19(20)21-10/h7-8,11,13,17H,3-6H2,1-2H3,(H2,20,21)(H,22,25)(H,27,28)/b23-12-/t8-,11?,13+,17+/m0/s1. The molecule has 2 amide bonds. The van der Waals surface area contributed by atoms with Gasteiger partial charge in [0.05, 0.1) is 18.8 Å². The van der Waals surface area contributed by atoms with Crippen molar-refractivity contribution in [2.75, 3.05) is 32.3 Å². The van der Waals surface area contributed by atoms with Crippen LogP contribution < -0.4 is 11.1 Å². The highest BCUT2D eigenvalue weighted by atomic mass is 32.2. The second kappa shape index (κ2) is 9.67. The van der Waals surface area contributed by atoms with Crippen molar-refractivity contribution in [2.24, 2.45) is 5.16 Å². The van der Waals surface area contributed by atoms with Gasteiger partial charge >= 0.3 is 5.97 Å². The SMILES string of the molecule is COC[C@@H]1CCC(C2=C(C(=O)O)N3C(=O)[C@@H](NC(=O)/C(=N\OC)c4csc(N)n4)[C@H]3SC2)O1. The maximum absolute atomic E-state index is 12.9. The van der Waals surface area contributed by atoms with Crippen LogP contribution in [-0.2, 0) is 28.7 Å². The molecular weight excluding hydrogens is 474 g/mol. The molecule has 0 aromatic carbocycles. The van der Waals surface area contributed by atoms with Gasteiger partial charge in [-0.1, -0.05) is 5.16 Å². The lowest BCUT2D eigenvalue weighted by Crippen LogP contribution is -2.71. The van der Waals surface area contributed by atoms with Gasteiger partial charge in [0.15, 0.2) is 10.8 Å². The Bertz CT molecular complexity index is 1030. The molecule has 0 spiro atoms. The zero-order valence-corrected chi connectivity index (χ0v) is 19.5. The molecular formula is C19H23N5O7S2. The van der Waals surface area contributed by atoms with Crippen LogP contribution in [0.1, 0.15) is 18.5 Å². The fraction of sp³-hybridized carbons (Fsp3) is 0.526. The Balaban J connectivity index is 1.51. The van der Waals surface area contributed by atoms with E-state index in [2.05, 4.69) is 15.5 Å². The minimum atomic E-state index is -1.20. The highest BCUT2D eigenvalue weighted by Crippen LogP contribution is 2.43. The maximum atomic E-state index is 12.9. The maximum Gasteiger partial charge on any atom is 0.352 e. The van der Waals surface area contributed by atoms with Crippen LogP contribution in [0.4, 0.5) is 5.13 Å². The molecule has 4 N–H and O–H groups in total. The van der Waals surface area contributed by atoms with E-state index in [0.29, 0.717) is 24.4 Å². The molecule has 0 radical (unpaired) electrons. The molecule has 33 heavy (non-hydrogen) atoms. The lowest BCUT2D eigenvalue weighted by atomic mass is 9.99. The third-order valence-electron chi connectivity index (χ3n) is 5.50. The summed E-state index contributed by atoms with van der Waals surface area (Å²) in [5.41, 5.74) is 6.22. The van der Waals surface area contributed by atoms with Crippen molar-refractivity contribution in [3.8, 4) is 0 Å². The first-order chi connectivity index (χ1) is 15.8. The number of hydrogen-bond donors (Lipinski definition) is 3. The van der Waals surface area contributed by atoms with Gasteiger partial charge in [0.25, 0.3) is 11.8 Å². The first-order valence-corrected chi connectivity index (χ1v) is 12.0. The molecule has 1 aromatic heterocycles. The van der Waals surface area contributed by atoms with Gasteiger partial charge in [-0.25, -0.2) is 9.78 Å². The van der Waals surface area contributed by atoms with Crippen molar-refractivity contribution < 1.29 is 33.8 Å². The zero-order chi connectivity index (χ0) is 23.7. The minimum absolute atomic E-state index is 0.0737. The number of β-lactam (4-membered cyclic amide) rings is 1. The number of nitrogens with one attached hydrogen (secondary N) is 1. The van der Waals surface area contributed by atoms with Crippen LogP contribution in [0.5, 0.6) is 0 Å². The predicted molar refractivity (Wildman–Crippen MR) is 120 cm³/mol. The highest BCUT2D eigenvalue weighted by molar-refractivity contribution is 8.00. The Morgan fingerprint density at radius 2 is 2.21 bits per heavy atom. The summed E-state index contributed by atoms with van der Waals surface area (Å²) in [6, 6.07) is -0.915. The van der Waals surface area contributed by atoms with Crippen molar-refractivity contribution in [3.63, 3.8) is 0 Å². The number of nitrogen functional groups attached to an aromatic ring is 1. The number of anilines is 1. The van der Waals surface area contributed by atoms with Crippen molar-refractivity contribution >= 4 is 51.7 Å². The van der Waals surface area contributed by atoms with E-state index in [1.807, 2.05) is 0 Å². The van der Waals surface area contributed by atoms with E-state index in [4.69, 9.17) is 20.0 Å².